The first-order valence-corrected chi connectivity index (χ1v) is 9.86. The summed E-state index contributed by atoms with van der Waals surface area (Å²) in [5, 5.41) is 5.50. The SMILES string of the molecule is O=C(COc1cccc2c1CCCC2)Nc1ccc2c3c(cccc13)CC2. The quantitative estimate of drug-likeness (QED) is 0.726. The van der Waals surface area contributed by atoms with E-state index in [4.69, 9.17) is 4.74 Å². The first-order valence-electron chi connectivity index (χ1n) is 9.86. The molecular weight excluding hydrogens is 334 g/mol. The fourth-order valence-electron chi connectivity index (χ4n) is 4.57. The molecule has 0 bridgehead atoms. The van der Waals surface area contributed by atoms with Crippen molar-refractivity contribution < 1.29 is 9.53 Å². The van der Waals surface area contributed by atoms with Crippen LogP contribution in [0.2, 0.25) is 0 Å². The number of anilines is 1. The van der Waals surface area contributed by atoms with E-state index in [0.717, 1.165) is 42.5 Å². The maximum atomic E-state index is 12.5. The third-order valence-electron chi connectivity index (χ3n) is 5.86. The van der Waals surface area contributed by atoms with Gasteiger partial charge in [0.25, 0.3) is 5.91 Å². The molecule has 2 aliphatic carbocycles. The van der Waals surface area contributed by atoms with Crippen molar-refractivity contribution in [2.24, 2.45) is 0 Å². The highest BCUT2D eigenvalue weighted by molar-refractivity contribution is 6.05. The Morgan fingerprint density at radius 3 is 2.56 bits per heavy atom. The Labute approximate surface area is 159 Å². The predicted octanol–water partition coefficient (Wildman–Crippen LogP) is 4.83. The van der Waals surface area contributed by atoms with Crippen LogP contribution in [-0.2, 0) is 30.5 Å². The van der Waals surface area contributed by atoms with Crippen LogP contribution in [-0.4, -0.2) is 12.5 Å². The van der Waals surface area contributed by atoms with E-state index in [-0.39, 0.29) is 12.5 Å². The minimum absolute atomic E-state index is 0.0411. The Bertz CT molecular complexity index is 1030. The highest BCUT2D eigenvalue weighted by atomic mass is 16.5. The van der Waals surface area contributed by atoms with Gasteiger partial charge in [-0.05, 0) is 78.3 Å². The number of fused-ring (bicyclic) bond motifs is 1. The number of aryl methyl sites for hydroxylation is 3. The summed E-state index contributed by atoms with van der Waals surface area (Å²) in [6, 6.07) is 16.7. The third kappa shape index (κ3) is 2.97. The molecule has 136 valence electrons. The summed E-state index contributed by atoms with van der Waals surface area (Å²) in [7, 11) is 0. The van der Waals surface area contributed by atoms with Crippen LogP contribution >= 0.6 is 0 Å². The molecule has 3 aromatic carbocycles. The minimum Gasteiger partial charge on any atom is -0.483 e. The van der Waals surface area contributed by atoms with Crippen LogP contribution in [0, 0.1) is 0 Å². The predicted molar refractivity (Wildman–Crippen MR) is 109 cm³/mol. The van der Waals surface area contributed by atoms with Gasteiger partial charge in [-0.2, -0.15) is 0 Å². The highest BCUT2D eigenvalue weighted by Crippen LogP contribution is 2.35. The molecule has 0 unspecified atom stereocenters. The van der Waals surface area contributed by atoms with Crippen molar-refractivity contribution in [2.45, 2.75) is 38.5 Å². The second kappa shape index (κ2) is 6.73. The molecule has 1 N–H and O–H groups in total. The van der Waals surface area contributed by atoms with Gasteiger partial charge in [0.05, 0.1) is 0 Å². The molecule has 0 heterocycles. The third-order valence-corrected chi connectivity index (χ3v) is 5.86. The van der Waals surface area contributed by atoms with Crippen LogP contribution < -0.4 is 10.1 Å². The number of carbonyl (C=O) groups excluding carboxylic acids is 1. The van der Waals surface area contributed by atoms with Gasteiger partial charge in [-0.15, -0.1) is 0 Å². The monoisotopic (exact) mass is 357 g/mol. The van der Waals surface area contributed by atoms with Crippen molar-refractivity contribution in [2.75, 3.05) is 11.9 Å². The van der Waals surface area contributed by atoms with Gasteiger partial charge in [0, 0.05) is 11.1 Å². The van der Waals surface area contributed by atoms with Gasteiger partial charge in [-0.25, -0.2) is 0 Å². The average molecular weight is 357 g/mol. The lowest BCUT2D eigenvalue weighted by molar-refractivity contribution is -0.118. The summed E-state index contributed by atoms with van der Waals surface area (Å²) in [5.41, 5.74) is 6.28. The van der Waals surface area contributed by atoms with Crippen LogP contribution in [0.3, 0.4) is 0 Å². The first-order chi connectivity index (χ1) is 13.3. The van der Waals surface area contributed by atoms with Crippen molar-refractivity contribution in [3.05, 3.63) is 70.8 Å². The van der Waals surface area contributed by atoms with Gasteiger partial charge in [0.2, 0.25) is 0 Å². The number of hydrogen-bond donors (Lipinski definition) is 1. The van der Waals surface area contributed by atoms with E-state index in [2.05, 4.69) is 35.6 Å². The zero-order chi connectivity index (χ0) is 18.2. The zero-order valence-corrected chi connectivity index (χ0v) is 15.4. The molecule has 1 amide bonds. The van der Waals surface area contributed by atoms with Crippen molar-refractivity contribution in [1.29, 1.82) is 0 Å². The largest absolute Gasteiger partial charge is 0.483 e. The molecule has 0 atom stereocenters. The van der Waals surface area contributed by atoms with Crippen molar-refractivity contribution >= 4 is 22.4 Å². The molecule has 3 aromatic rings. The lowest BCUT2D eigenvalue weighted by Gasteiger charge is -2.19. The summed E-state index contributed by atoms with van der Waals surface area (Å²) >= 11 is 0. The highest BCUT2D eigenvalue weighted by Gasteiger charge is 2.18. The normalized spacial score (nSPS) is 14.8. The van der Waals surface area contributed by atoms with E-state index in [9.17, 15) is 4.79 Å². The van der Waals surface area contributed by atoms with Crippen LogP contribution in [0.5, 0.6) is 5.75 Å². The Balaban J connectivity index is 1.33. The van der Waals surface area contributed by atoms with Crippen molar-refractivity contribution in [1.82, 2.24) is 0 Å². The Morgan fingerprint density at radius 2 is 1.63 bits per heavy atom. The number of nitrogens with one attached hydrogen (secondary N) is 1. The van der Waals surface area contributed by atoms with E-state index < -0.39 is 0 Å². The number of ether oxygens (including phenoxy) is 1. The number of amides is 1. The maximum Gasteiger partial charge on any atom is 0.262 e. The number of carbonyl (C=O) groups is 1. The van der Waals surface area contributed by atoms with Crippen molar-refractivity contribution in [3.63, 3.8) is 0 Å². The first kappa shape index (κ1) is 16.4. The fraction of sp³-hybridized carbons (Fsp3) is 0.292. The second-order valence-electron chi connectivity index (χ2n) is 7.55. The Morgan fingerprint density at radius 1 is 0.852 bits per heavy atom. The fourth-order valence-corrected chi connectivity index (χ4v) is 4.57. The van der Waals surface area contributed by atoms with E-state index >= 15 is 0 Å². The lowest BCUT2D eigenvalue weighted by Crippen LogP contribution is -2.21. The molecule has 5 rings (SSSR count). The van der Waals surface area contributed by atoms with Gasteiger partial charge >= 0.3 is 0 Å². The molecule has 2 aliphatic rings. The number of rotatable bonds is 4. The van der Waals surface area contributed by atoms with Crippen molar-refractivity contribution in [3.8, 4) is 5.75 Å². The van der Waals surface area contributed by atoms with Crippen LogP contribution in [0.25, 0.3) is 10.8 Å². The average Bonchev–Trinajstić information content (AvgIpc) is 3.13. The van der Waals surface area contributed by atoms with Gasteiger partial charge in [0.15, 0.2) is 6.61 Å². The van der Waals surface area contributed by atoms with Crippen LogP contribution in [0.1, 0.15) is 35.1 Å². The lowest BCUT2D eigenvalue weighted by atomic mass is 9.91. The van der Waals surface area contributed by atoms with Gasteiger partial charge in [0.1, 0.15) is 5.75 Å². The summed E-state index contributed by atoms with van der Waals surface area (Å²) < 4.78 is 5.90. The van der Waals surface area contributed by atoms with E-state index in [1.165, 1.54) is 40.5 Å². The van der Waals surface area contributed by atoms with Crippen LogP contribution in [0.15, 0.2) is 48.5 Å². The molecule has 0 aliphatic heterocycles. The topological polar surface area (TPSA) is 38.3 Å². The van der Waals surface area contributed by atoms with Gasteiger partial charge in [-0.3, -0.25) is 4.79 Å². The molecule has 0 spiro atoms. The molecule has 0 fully saturated rings. The van der Waals surface area contributed by atoms with Crippen LogP contribution in [0.4, 0.5) is 5.69 Å². The molecule has 0 saturated heterocycles. The van der Waals surface area contributed by atoms with E-state index in [1.54, 1.807) is 0 Å². The number of hydrogen-bond acceptors (Lipinski definition) is 2. The molecular formula is C24H23NO2. The second-order valence-corrected chi connectivity index (χ2v) is 7.55. The molecule has 3 nitrogen and oxygen atoms in total. The Hall–Kier alpha value is -2.81. The van der Waals surface area contributed by atoms with Gasteiger partial charge in [-0.1, -0.05) is 36.4 Å². The number of benzene rings is 3. The van der Waals surface area contributed by atoms with E-state index in [0.29, 0.717) is 0 Å². The summed E-state index contributed by atoms with van der Waals surface area (Å²) in [6.07, 6.45) is 6.77. The molecule has 0 radical (unpaired) electrons. The summed E-state index contributed by atoms with van der Waals surface area (Å²) in [5.74, 6) is 0.755. The molecule has 0 aromatic heterocycles. The molecule has 0 saturated carbocycles. The maximum absolute atomic E-state index is 12.5. The smallest absolute Gasteiger partial charge is 0.262 e. The van der Waals surface area contributed by atoms with E-state index in [1.807, 2.05) is 18.2 Å². The Kier molecular flexibility index (Phi) is 4.08. The molecule has 27 heavy (non-hydrogen) atoms. The zero-order valence-electron chi connectivity index (χ0n) is 15.4. The standard InChI is InChI=1S/C24H23NO2/c26-23(15-27-22-10-4-6-16-5-1-2-8-19(16)22)25-21-14-13-18-12-11-17-7-3-9-20(21)24(17)18/h3-4,6-7,9-10,13-14H,1-2,5,8,11-12,15H2,(H,25,26). The van der Waals surface area contributed by atoms with Gasteiger partial charge < -0.3 is 10.1 Å². The summed E-state index contributed by atoms with van der Waals surface area (Å²) in [4.78, 5) is 12.5. The minimum atomic E-state index is -0.109. The molecule has 3 heteroatoms. The summed E-state index contributed by atoms with van der Waals surface area (Å²) in [6.45, 7) is 0.0411.